The molecule has 0 bridgehead atoms. The first kappa shape index (κ1) is 14.1. The molecule has 0 aliphatic rings. The Kier molecular flexibility index (Phi) is 5.26. The summed E-state index contributed by atoms with van der Waals surface area (Å²) < 4.78 is 12.6. The van der Waals surface area contributed by atoms with Crippen molar-refractivity contribution in [3.05, 3.63) is 35.6 Å². The molecule has 0 spiro atoms. The minimum Gasteiger partial charge on any atom is -0.480 e. The van der Waals surface area contributed by atoms with E-state index in [-0.39, 0.29) is 5.82 Å². The van der Waals surface area contributed by atoms with Crippen LogP contribution < -0.4 is 10.6 Å². The van der Waals surface area contributed by atoms with E-state index in [0.29, 0.717) is 13.0 Å². The molecule has 5 nitrogen and oxygen atoms in total. The molecule has 0 saturated carbocycles. The van der Waals surface area contributed by atoms with Crippen LogP contribution in [-0.4, -0.2) is 36.6 Å². The molecule has 0 radical (unpaired) electrons. The monoisotopic (exact) mass is 254 g/mol. The molecule has 1 amide bonds. The predicted octanol–water partition coefficient (Wildman–Crippen LogP) is 0.157. The summed E-state index contributed by atoms with van der Waals surface area (Å²) in [5.74, 6) is -2.13. The molecule has 1 aromatic carbocycles. The van der Waals surface area contributed by atoms with Gasteiger partial charge in [0.1, 0.15) is 5.82 Å². The zero-order chi connectivity index (χ0) is 13.5. The van der Waals surface area contributed by atoms with Crippen LogP contribution in [0.1, 0.15) is 5.56 Å². The molecule has 0 fully saturated rings. The number of carboxylic acid groups (broad SMARTS) is 1. The van der Waals surface area contributed by atoms with E-state index in [9.17, 15) is 14.0 Å². The van der Waals surface area contributed by atoms with Crippen LogP contribution in [-0.2, 0) is 16.0 Å². The number of nitrogens with one attached hydrogen (secondary N) is 2. The fourth-order valence-electron chi connectivity index (χ4n) is 1.45. The standard InChI is InChI=1S/C12H15FN2O3/c1-14-10(12(17)18)11(16)15-7-6-8-2-4-9(13)5-3-8/h2-5,10,14H,6-7H2,1H3,(H,15,16)(H,17,18). The van der Waals surface area contributed by atoms with Crippen LogP contribution >= 0.6 is 0 Å². The lowest BCUT2D eigenvalue weighted by molar-refractivity contribution is -0.143. The van der Waals surface area contributed by atoms with Crippen molar-refractivity contribution in [3.63, 3.8) is 0 Å². The molecule has 0 saturated heterocycles. The number of carbonyl (C=O) groups is 2. The lowest BCUT2D eigenvalue weighted by Gasteiger charge is -2.11. The number of rotatable bonds is 6. The van der Waals surface area contributed by atoms with Crippen molar-refractivity contribution in [1.29, 1.82) is 0 Å². The zero-order valence-corrected chi connectivity index (χ0v) is 9.94. The molecule has 1 unspecified atom stereocenters. The molecular weight excluding hydrogens is 239 g/mol. The van der Waals surface area contributed by atoms with Crippen LogP contribution in [0.5, 0.6) is 0 Å². The number of aliphatic carboxylic acids is 1. The third kappa shape index (κ3) is 4.14. The highest BCUT2D eigenvalue weighted by atomic mass is 19.1. The van der Waals surface area contributed by atoms with Gasteiger partial charge in [0.2, 0.25) is 5.91 Å². The van der Waals surface area contributed by atoms with E-state index in [2.05, 4.69) is 10.6 Å². The second kappa shape index (κ2) is 6.70. The molecule has 1 aromatic rings. The van der Waals surface area contributed by atoms with Crippen LogP contribution in [0, 0.1) is 5.82 Å². The van der Waals surface area contributed by atoms with Crippen molar-refractivity contribution in [3.8, 4) is 0 Å². The Morgan fingerprint density at radius 1 is 1.33 bits per heavy atom. The number of carbonyl (C=O) groups excluding carboxylic acids is 1. The van der Waals surface area contributed by atoms with Gasteiger partial charge in [-0.3, -0.25) is 10.1 Å². The maximum absolute atomic E-state index is 12.6. The number of halogens is 1. The van der Waals surface area contributed by atoms with E-state index >= 15 is 0 Å². The second-order valence-electron chi connectivity index (χ2n) is 3.73. The highest BCUT2D eigenvalue weighted by Crippen LogP contribution is 2.02. The van der Waals surface area contributed by atoms with Crippen molar-refractivity contribution < 1.29 is 19.1 Å². The van der Waals surface area contributed by atoms with Crippen LogP contribution in [0.25, 0.3) is 0 Å². The van der Waals surface area contributed by atoms with Gasteiger partial charge in [-0.2, -0.15) is 0 Å². The van der Waals surface area contributed by atoms with E-state index in [4.69, 9.17) is 5.11 Å². The van der Waals surface area contributed by atoms with Gasteiger partial charge in [-0.25, -0.2) is 9.18 Å². The molecule has 0 aliphatic heterocycles. The average Bonchev–Trinajstić information content (AvgIpc) is 2.32. The summed E-state index contributed by atoms with van der Waals surface area (Å²) in [4.78, 5) is 22.1. The molecule has 3 N–H and O–H groups in total. The van der Waals surface area contributed by atoms with E-state index < -0.39 is 17.9 Å². The summed E-state index contributed by atoms with van der Waals surface area (Å²) >= 11 is 0. The molecule has 1 atom stereocenters. The normalized spacial score (nSPS) is 11.9. The number of hydrogen-bond acceptors (Lipinski definition) is 3. The van der Waals surface area contributed by atoms with Gasteiger partial charge in [-0.05, 0) is 31.2 Å². The van der Waals surface area contributed by atoms with Gasteiger partial charge in [-0.1, -0.05) is 12.1 Å². The molecule has 1 rings (SSSR count). The maximum Gasteiger partial charge on any atom is 0.330 e. The van der Waals surface area contributed by atoms with Gasteiger partial charge in [0.05, 0.1) is 0 Å². The maximum atomic E-state index is 12.6. The van der Waals surface area contributed by atoms with Crippen molar-refractivity contribution in [2.24, 2.45) is 0 Å². The lowest BCUT2D eigenvalue weighted by Crippen LogP contribution is -2.48. The van der Waals surface area contributed by atoms with Gasteiger partial charge in [0.25, 0.3) is 0 Å². The van der Waals surface area contributed by atoms with Gasteiger partial charge in [-0.15, -0.1) is 0 Å². The molecule has 0 heterocycles. The minimum atomic E-state index is -1.25. The Bertz CT molecular complexity index is 420. The number of likely N-dealkylation sites (N-methyl/N-ethyl adjacent to an activating group) is 1. The fourth-order valence-corrected chi connectivity index (χ4v) is 1.45. The molecule has 18 heavy (non-hydrogen) atoms. The first-order valence-electron chi connectivity index (χ1n) is 5.47. The first-order valence-corrected chi connectivity index (χ1v) is 5.47. The molecular formula is C12H15FN2O3. The number of benzene rings is 1. The Morgan fingerprint density at radius 3 is 2.44 bits per heavy atom. The quantitative estimate of drug-likeness (QED) is 0.632. The second-order valence-corrected chi connectivity index (χ2v) is 3.73. The van der Waals surface area contributed by atoms with Crippen LogP contribution in [0.3, 0.4) is 0 Å². The first-order chi connectivity index (χ1) is 8.54. The Morgan fingerprint density at radius 2 is 1.94 bits per heavy atom. The molecule has 0 aromatic heterocycles. The third-order valence-corrected chi connectivity index (χ3v) is 2.42. The summed E-state index contributed by atoms with van der Waals surface area (Å²) in [6.07, 6.45) is 0.516. The Labute approximate surface area is 104 Å². The van der Waals surface area contributed by atoms with E-state index in [1.807, 2.05) is 0 Å². The largest absolute Gasteiger partial charge is 0.480 e. The highest BCUT2D eigenvalue weighted by Gasteiger charge is 2.23. The molecule has 0 aliphatic carbocycles. The summed E-state index contributed by atoms with van der Waals surface area (Å²) in [6.45, 7) is 0.302. The van der Waals surface area contributed by atoms with Gasteiger partial charge >= 0.3 is 5.97 Å². The fraction of sp³-hybridized carbons (Fsp3) is 0.333. The number of hydrogen-bond donors (Lipinski definition) is 3. The van der Waals surface area contributed by atoms with Gasteiger partial charge in [0.15, 0.2) is 6.04 Å². The highest BCUT2D eigenvalue weighted by molar-refractivity contribution is 6.01. The summed E-state index contributed by atoms with van der Waals surface area (Å²) in [5, 5.41) is 13.6. The third-order valence-electron chi connectivity index (χ3n) is 2.42. The molecule has 98 valence electrons. The smallest absolute Gasteiger partial charge is 0.330 e. The Balaban J connectivity index is 2.39. The van der Waals surface area contributed by atoms with E-state index in [1.54, 1.807) is 12.1 Å². The lowest BCUT2D eigenvalue weighted by atomic mass is 10.1. The van der Waals surface area contributed by atoms with Crippen molar-refractivity contribution in [1.82, 2.24) is 10.6 Å². The van der Waals surface area contributed by atoms with Crippen molar-refractivity contribution in [2.75, 3.05) is 13.6 Å². The minimum absolute atomic E-state index is 0.302. The van der Waals surface area contributed by atoms with Crippen LogP contribution in [0.15, 0.2) is 24.3 Å². The van der Waals surface area contributed by atoms with E-state index in [0.717, 1.165) is 5.56 Å². The average molecular weight is 254 g/mol. The number of amides is 1. The van der Waals surface area contributed by atoms with Crippen molar-refractivity contribution >= 4 is 11.9 Å². The van der Waals surface area contributed by atoms with Gasteiger partial charge in [0, 0.05) is 6.54 Å². The topological polar surface area (TPSA) is 78.4 Å². The summed E-state index contributed by atoms with van der Waals surface area (Å²) in [6, 6.07) is 4.66. The van der Waals surface area contributed by atoms with Gasteiger partial charge < -0.3 is 10.4 Å². The summed E-state index contributed by atoms with van der Waals surface area (Å²) in [7, 11) is 1.40. The predicted molar refractivity (Wildman–Crippen MR) is 63.6 cm³/mol. The van der Waals surface area contributed by atoms with Crippen LogP contribution in [0.4, 0.5) is 4.39 Å². The zero-order valence-electron chi connectivity index (χ0n) is 9.94. The summed E-state index contributed by atoms with van der Waals surface area (Å²) in [5.41, 5.74) is 0.869. The molecule has 6 heteroatoms. The van der Waals surface area contributed by atoms with E-state index in [1.165, 1.54) is 19.2 Å². The SMILES string of the molecule is CNC(C(=O)O)C(=O)NCCc1ccc(F)cc1. The number of carboxylic acids is 1. The Hall–Kier alpha value is -1.95. The van der Waals surface area contributed by atoms with Crippen molar-refractivity contribution in [2.45, 2.75) is 12.5 Å². The van der Waals surface area contributed by atoms with Crippen LogP contribution in [0.2, 0.25) is 0 Å².